The van der Waals surface area contributed by atoms with Gasteiger partial charge in [-0.15, -0.1) is 0 Å². The van der Waals surface area contributed by atoms with Crippen molar-refractivity contribution >= 4 is 75.8 Å². The van der Waals surface area contributed by atoms with Crippen LogP contribution < -0.4 is 0 Å². The number of benzene rings is 10. The molecule has 1 aromatic heterocycles. The van der Waals surface area contributed by atoms with E-state index in [0.717, 1.165) is 22.1 Å². The molecule has 0 fully saturated rings. The number of furan rings is 1. The van der Waals surface area contributed by atoms with Crippen molar-refractivity contribution in [3.63, 3.8) is 0 Å². The summed E-state index contributed by atoms with van der Waals surface area (Å²) in [7, 11) is 0. The molecule has 11 aromatic rings. The van der Waals surface area contributed by atoms with Gasteiger partial charge in [0.25, 0.3) is 0 Å². The minimum atomic E-state index is -0.0995. The molecule has 0 aliphatic heterocycles. The Labute approximate surface area is 300 Å². The average Bonchev–Trinajstić information content (AvgIpc) is 3.67. The Hall–Kier alpha value is -6.44. The summed E-state index contributed by atoms with van der Waals surface area (Å²) in [6.45, 7) is 4.74. The van der Waals surface area contributed by atoms with E-state index in [-0.39, 0.29) is 5.41 Å². The molecule has 0 atom stereocenters. The summed E-state index contributed by atoms with van der Waals surface area (Å²) in [5.41, 5.74) is 11.9. The van der Waals surface area contributed by atoms with E-state index in [1.54, 1.807) is 0 Å². The molecule has 0 unspecified atom stereocenters. The van der Waals surface area contributed by atoms with Gasteiger partial charge in [-0.05, 0) is 117 Å². The zero-order valence-electron chi connectivity index (χ0n) is 28.9. The predicted octanol–water partition coefficient (Wildman–Crippen LogP) is 14.4. The number of hydrogen-bond acceptors (Lipinski definition) is 1. The Bertz CT molecular complexity index is 3300. The zero-order chi connectivity index (χ0) is 34.3. The van der Waals surface area contributed by atoms with Crippen LogP contribution >= 0.6 is 0 Å². The second-order valence-corrected chi connectivity index (χ2v) is 15.2. The Balaban J connectivity index is 1.15. The van der Waals surface area contributed by atoms with Gasteiger partial charge in [0.1, 0.15) is 11.2 Å². The second-order valence-electron chi connectivity index (χ2n) is 15.2. The van der Waals surface area contributed by atoms with Crippen LogP contribution in [0.5, 0.6) is 0 Å². The normalized spacial score (nSPS) is 13.7. The van der Waals surface area contributed by atoms with Crippen molar-refractivity contribution in [1.29, 1.82) is 0 Å². The molecule has 1 nitrogen and oxygen atoms in total. The maximum Gasteiger partial charge on any atom is 0.143 e. The molecule has 242 valence electrons. The number of fused-ring (bicyclic) bond motifs is 9. The fourth-order valence-corrected chi connectivity index (χ4v) is 9.77. The summed E-state index contributed by atoms with van der Waals surface area (Å²) < 4.78 is 7.02. The molecular weight excluding hydrogens is 629 g/mol. The third-order valence-corrected chi connectivity index (χ3v) is 12.2. The largest absolute Gasteiger partial charge is 0.455 e. The molecule has 1 aliphatic rings. The summed E-state index contributed by atoms with van der Waals surface area (Å²) in [5, 5.41) is 15.1. The van der Waals surface area contributed by atoms with Gasteiger partial charge in [-0.1, -0.05) is 147 Å². The maximum absolute atomic E-state index is 7.02. The maximum atomic E-state index is 7.02. The van der Waals surface area contributed by atoms with Gasteiger partial charge in [0.05, 0.1) is 0 Å². The summed E-state index contributed by atoms with van der Waals surface area (Å²) in [6, 6.07) is 58.6. The fourth-order valence-electron chi connectivity index (χ4n) is 9.77. The van der Waals surface area contributed by atoms with Crippen LogP contribution in [0.4, 0.5) is 0 Å². The molecule has 0 saturated carbocycles. The minimum Gasteiger partial charge on any atom is -0.455 e. The molecule has 1 heterocycles. The van der Waals surface area contributed by atoms with E-state index in [4.69, 9.17) is 4.42 Å². The summed E-state index contributed by atoms with van der Waals surface area (Å²) in [4.78, 5) is 0. The molecule has 1 aliphatic carbocycles. The first-order valence-corrected chi connectivity index (χ1v) is 18.3. The average molecular weight is 661 g/mol. The quantitative estimate of drug-likeness (QED) is 0.168. The van der Waals surface area contributed by atoms with Gasteiger partial charge in [0.15, 0.2) is 0 Å². The number of hydrogen-bond donors (Lipinski definition) is 0. The predicted molar refractivity (Wildman–Crippen MR) is 221 cm³/mol. The van der Waals surface area contributed by atoms with Crippen molar-refractivity contribution in [3.05, 3.63) is 169 Å². The van der Waals surface area contributed by atoms with E-state index in [0.29, 0.717) is 0 Å². The fraction of sp³-hybridized carbons (Fsp3) is 0.0588. The Kier molecular flexibility index (Phi) is 5.37. The van der Waals surface area contributed by atoms with Crippen molar-refractivity contribution in [3.8, 4) is 33.4 Å². The Morgan fingerprint density at radius 3 is 1.87 bits per heavy atom. The van der Waals surface area contributed by atoms with Gasteiger partial charge in [-0.2, -0.15) is 0 Å². The number of rotatable bonds is 2. The molecule has 10 aromatic carbocycles. The van der Waals surface area contributed by atoms with Crippen LogP contribution in [0.3, 0.4) is 0 Å². The van der Waals surface area contributed by atoms with Crippen molar-refractivity contribution in [1.82, 2.24) is 0 Å². The van der Waals surface area contributed by atoms with Crippen LogP contribution in [0.2, 0.25) is 0 Å². The van der Waals surface area contributed by atoms with Crippen LogP contribution in [-0.4, -0.2) is 0 Å². The van der Waals surface area contributed by atoms with E-state index < -0.39 is 0 Å². The van der Waals surface area contributed by atoms with Crippen molar-refractivity contribution in [2.75, 3.05) is 0 Å². The van der Waals surface area contributed by atoms with Crippen LogP contribution in [0, 0.1) is 0 Å². The van der Waals surface area contributed by atoms with Crippen molar-refractivity contribution in [2.24, 2.45) is 0 Å². The van der Waals surface area contributed by atoms with E-state index >= 15 is 0 Å². The standard InChI is InChI=1S/C51H32O/c1-51(2)44-25-19-35(27-42(44)41-22-16-29-8-5-6-13-36(29)49(41)51)37-23-24-40(48-43-26-33-9-3-4-10-34(33)28-45(43)52-50(37)48)38-20-17-32-15-14-30-11-7-12-31-18-21-39(38)47(32)46(30)31/h3-28H,1-2H3. The van der Waals surface area contributed by atoms with E-state index in [2.05, 4.69) is 172 Å². The van der Waals surface area contributed by atoms with Crippen molar-refractivity contribution < 1.29 is 4.42 Å². The lowest BCUT2D eigenvalue weighted by Gasteiger charge is -2.23. The highest BCUT2D eigenvalue weighted by molar-refractivity contribution is 6.28. The molecule has 0 saturated heterocycles. The van der Waals surface area contributed by atoms with Gasteiger partial charge in [-0.25, -0.2) is 0 Å². The lowest BCUT2D eigenvalue weighted by Crippen LogP contribution is -2.15. The summed E-state index contributed by atoms with van der Waals surface area (Å²) in [5.74, 6) is 0. The van der Waals surface area contributed by atoms with Gasteiger partial charge in [-0.3, -0.25) is 0 Å². The first kappa shape index (κ1) is 28.3. The smallest absolute Gasteiger partial charge is 0.143 e. The summed E-state index contributed by atoms with van der Waals surface area (Å²) >= 11 is 0. The monoisotopic (exact) mass is 660 g/mol. The van der Waals surface area contributed by atoms with E-state index in [9.17, 15) is 0 Å². The van der Waals surface area contributed by atoms with E-state index in [1.165, 1.54) is 98.2 Å². The molecule has 0 bridgehead atoms. The SMILES string of the molecule is CC1(C)c2ccc(-c3ccc(-c4ccc5ccc6cccc7ccc4c5c67)c4c3oc3cc5ccccc5cc34)cc2-c2ccc3ccccc3c21. The minimum absolute atomic E-state index is 0.0995. The third-order valence-electron chi connectivity index (χ3n) is 12.2. The highest BCUT2D eigenvalue weighted by atomic mass is 16.3. The van der Waals surface area contributed by atoms with Gasteiger partial charge >= 0.3 is 0 Å². The summed E-state index contributed by atoms with van der Waals surface area (Å²) in [6.07, 6.45) is 0. The molecule has 12 rings (SSSR count). The third kappa shape index (κ3) is 3.62. The zero-order valence-corrected chi connectivity index (χ0v) is 28.9. The first-order valence-electron chi connectivity index (χ1n) is 18.3. The van der Waals surface area contributed by atoms with Gasteiger partial charge in [0, 0.05) is 21.8 Å². The first-order chi connectivity index (χ1) is 25.5. The highest BCUT2D eigenvalue weighted by Gasteiger charge is 2.37. The lowest BCUT2D eigenvalue weighted by molar-refractivity contribution is 0.666. The molecule has 52 heavy (non-hydrogen) atoms. The molecular formula is C51H32O. The highest BCUT2D eigenvalue weighted by Crippen LogP contribution is 2.53. The van der Waals surface area contributed by atoms with Crippen molar-refractivity contribution in [2.45, 2.75) is 19.3 Å². The van der Waals surface area contributed by atoms with Crippen LogP contribution in [0.1, 0.15) is 25.0 Å². The van der Waals surface area contributed by atoms with Gasteiger partial charge < -0.3 is 4.42 Å². The molecule has 0 N–H and O–H groups in total. The molecule has 0 amide bonds. The van der Waals surface area contributed by atoms with Gasteiger partial charge in [0.2, 0.25) is 0 Å². The van der Waals surface area contributed by atoms with E-state index in [1.807, 2.05) is 0 Å². The molecule has 0 spiro atoms. The van der Waals surface area contributed by atoms with Crippen LogP contribution in [-0.2, 0) is 5.41 Å². The second kappa shape index (κ2) is 9.87. The van der Waals surface area contributed by atoms with Crippen LogP contribution in [0.15, 0.2) is 162 Å². The molecule has 1 heteroatoms. The molecule has 0 radical (unpaired) electrons. The van der Waals surface area contributed by atoms with Crippen LogP contribution in [0.25, 0.3) is 109 Å². The topological polar surface area (TPSA) is 13.1 Å². The lowest BCUT2D eigenvalue weighted by atomic mass is 9.80. The Morgan fingerprint density at radius 1 is 0.385 bits per heavy atom. The Morgan fingerprint density at radius 2 is 1.02 bits per heavy atom.